The molecule has 0 fully saturated rings. The van der Waals surface area contributed by atoms with Crippen molar-refractivity contribution in [3.63, 3.8) is 0 Å². The lowest BCUT2D eigenvalue weighted by atomic mass is 9.33. The first-order chi connectivity index (χ1) is 20.8. The third-order valence-electron chi connectivity index (χ3n) is 10.9. The Morgan fingerprint density at radius 2 is 0.955 bits per heavy atom. The summed E-state index contributed by atoms with van der Waals surface area (Å²) >= 11 is 0. The molecular formula is C34H34O10. The maximum atomic E-state index is 15.1. The van der Waals surface area contributed by atoms with Gasteiger partial charge in [0.25, 0.3) is 0 Å². The summed E-state index contributed by atoms with van der Waals surface area (Å²) in [5.74, 6) is -8.09. The molecular weight excluding hydrogens is 568 g/mol. The second-order valence-corrected chi connectivity index (χ2v) is 12.7. The molecule has 0 unspecified atom stereocenters. The van der Waals surface area contributed by atoms with E-state index in [0.29, 0.717) is 11.1 Å². The molecule has 0 aromatic heterocycles. The first-order valence-electron chi connectivity index (χ1n) is 14.5. The van der Waals surface area contributed by atoms with Crippen LogP contribution in [0.15, 0.2) is 69.9 Å². The summed E-state index contributed by atoms with van der Waals surface area (Å²) in [6.45, 7) is 7.49. The van der Waals surface area contributed by atoms with Crippen LogP contribution in [-0.2, 0) is 47.7 Å². The van der Waals surface area contributed by atoms with Crippen molar-refractivity contribution < 1.29 is 47.7 Å². The molecule has 2 spiro atoms. The van der Waals surface area contributed by atoms with Gasteiger partial charge in [0.05, 0.1) is 39.3 Å². The number of ether oxygens (including phenoxy) is 4. The van der Waals surface area contributed by atoms with E-state index in [1.807, 2.05) is 27.7 Å². The van der Waals surface area contributed by atoms with Crippen LogP contribution in [0.2, 0.25) is 0 Å². The van der Waals surface area contributed by atoms with Crippen LogP contribution in [0.4, 0.5) is 0 Å². The maximum Gasteiger partial charge on any atom is 0.341 e. The van der Waals surface area contributed by atoms with Crippen molar-refractivity contribution in [3.8, 4) is 0 Å². The number of methoxy groups -OCH3 is 4. The fourth-order valence-corrected chi connectivity index (χ4v) is 9.50. The lowest BCUT2D eigenvalue weighted by molar-refractivity contribution is -0.186. The highest BCUT2D eigenvalue weighted by Crippen LogP contribution is 2.85. The summed E-state index contributed by atoms with van der Waals surface area (Å²) in [5.41, 5.74) is -7.52. The van der Waals surface area contributed by atoms with Crippen LogP contribution >= 0.6 is 0 Å². The van der Waals surface area contributed by atoms with Crippen molar-refractivity contribution in [3.05, 3.63) is 69.9 Å². The average Bonchev–Trinajstić information content (AvgIpc) is 3.15. The minimum absolute atomic E-state index is 0.121. The molecule has 10 heteroatoms. The monoisotopic (exact) mass is 602 g/mol. The Balaban J connectivity index is 2.02. The first kappa shape index (κ1) is 29.7. The molecule has 8 aliphatic carbocycles. The molecule has 0 saturated heterocycles. The van der Waals surface area contributed by atoms with E-state index in [0.717, 1.165) is 28.4 Å². The van der Waals surface area contributed by atoms with Gasteiger partial charge in [-0.3, -0.25) is 19.2 Å². The maximum absolute atomic E-state index is 15.1. The second kappa shape index (κ2) is 9.09. The zero-order chi connectivity index (χ0) is 32.3. The van der Waals surface area contributed by atoms with Gasteiger partial charge in [0.1, 0.15) is 11.1 Å². The molecule has 0 aromatic carbocycles. The number of hydrogen-bond donors (Lipinski definition) is 0. The zero-order valence-electron chi connectivity index (χ0n) is 25.9. The first-order valence-corrected chi connectivity index (χ1v) is 14.5. The lowest BCUT2D eigenvalue weighted by Gasteiger charge is -2.64. The molecule has 8 rings (SSSR count). The van der Waals surface area contributed by atoms with Crippen molar-refractivity contribution in [2.75, 3.05) is 28.4 Å². The quantitative estimate of drug-likeness (QED) is 0.147. The van der Waals surface area contributed by atoms with Crippen LogP contribution in [0, 0.1) is 45.3 Å². The van der Waals surface area contributed by atoms with Gasteiger partial charge in [0, 0.05) is 11.8 Å². The van der Waals surface area contributed by atoms with Gasteiger partial charge in [-0.15, -0.1) is 0 Å². The predicted octanol–water partition coefficient (Wildman–Crippen LogP) is 2.95. The SMILES string of the molecule is COC(=O)C1=C2C=C[C@H]3C(C(C)C)=C[C@@]24[C@@](C(=O)OC)(C1=O)[C@@H]1C=CC2=C(C(=O)OC)C(=O)[C@@]3(C(=O)OC)[C@@]24C=C1C(C)C. The minimum atomic E-state index is -2.20. The molecule has 44 heavy (non-hydrogen) atoms. The minimum Gasteiger partial charge on any atom is -0.468 e. The fraction of sp³-hybridized carbons (Fsp3) is 0.471. The number of carbonyl (C=O) groups excluding carboxylic acids is 6. The summed E-state index contributed by atoms with van der Waals surface area (Å²) in [6.07, 6.45) is 9.96. The van der Waals surface area contributed by atoms with Crippen molar-refractivity contribution >= 4 is 35.4 Å². The number of rotatable bonds is 6. The molecule has 4 bridgehead atoms. The van der Waals surface area contributed by atoms with E-state index in [2.05, 4.69) is 0 Å². The highest BCUT2D eigenvalue weighted by molar-refractivity contribution is 6.33. The van der Waals surface area contributed by atoms with E-state index >= 15 is 9.59 Å². The third kappa shape index (κ3) is 2.63. The molecule has 0 amide bonds. The van der Waals surface area contributed by atoms with E-state index in [-0.39, 0.29) is 34.1 Å². The molecule has 0 aliphatic heterocycles. The number of hydrogen-bond acceptors (Lipinski definition) is 10. The van der Waals surface area contributed by atoms with Gasteiger partial charge >= 0.3 is 23.9 Å². The molecule has 230 valence electrons. The summed E-state index contributed by atoms with van der Waals surface area (Å²) in [6, 6.07) is 0. The largest absolute Gasteiger partial charge is 0.468 e. The van der Waals surface area contributed by atoms with Gasteiger partial charge < -0.3 is 18.9 Å². The fourth-order valence-electron chi connectivity index (χ4n) is 9.50. The molecule has 0 aromatic rings. The van der Waals surface area contributed by atoms with Crippen molar-refractivity contribution in [1.82, 2.24) is 0 Å². The van der Waals surface area contributed by atoms with E-state index in [4.69, 9.17) is 18.9 Å². The number of esters is 4. The molecule has 8 aliphatic rings. The Hall–Kier alpha value is -4.34. The van der Waals surface area contributed by atoms with Crippen LogP contribution in [0.1, 0.15) is 27.7 Å². The van der Waals surface area contributed by atoms with Crippen molar-refractivity contribution in [2.24, 2.45) is 45.3 Å². The Labute approximate surface area is 254 Å². The van der Waals surface area contributed by atoms with Crippen LogP contribution < -0.4 is 0 Å². The number of Topliss-reactive ketones (excluding diaryl/α,β-unsaturated/α-hetero) is 2. The van der Waals surface area contributed by atoms with E-state index < -0.39 is 68.9 Å². The second-order valence-electron chi connectivity index (χ2n) is 12.7. The van der Waals surface area contributed by atoms with Gasteiger partial charge in [-0.25, -0.2) is 9.59 Å². The normalized spacial score (nSPS) is 35.5. The third-order valence-corrected chi connectivity index (χ3v) is 10.9. The summed E-state index contributed by atoms with van der Waals surface area (Å²) in [4.78, 5) is 86.7. The van der Waals surface area contributed by atoms with Crippen LogP contribution in [0.5, 0.6) is 0 Å². The number of ketones is 2. The topological polar surface area (TPSA) is 139 Å². The Kier molecular flexibility index (Phi) is 6.14. The molecule has 0 N–H and O–H groups in total. The van der Waals surface area contributed by atoms with E-state index in [9.17, 15) is 19.2 Å². The van der Waals surface area contributed by atoms with Gasteiger partial charge in [-0.2, -0.15) is 0 Å². The average molecular weight is 603 g/mol. The number of allylic oxidation sites excluding steroid dienone is 10. The Morgan fingerprint density at radius 1 is 0.614 bits per heavy atom. The van der Waals surface area contributed by atoms with E-state index in [1.165, 1.54) is 0 Å². The Morgan fingerprint density at radius 3 is 1.23 bits per heavy atom. The van der Waals surface area contributed by atoms with Crippen LogP contribution in [-0.4, -0.2) is 63.9 Å². The van der Waals surface area contributed by atoms with E-state index in [1.54, 1.807) is 36.5 Å². The lowest BCUT2D eigenvalue weighted by Crippen LogP contribution is -2.71. The highest BCUT2D eigenvalue weighted by Gasteiger charge is 2.90. The van der Waals surface area contributed by atoms with Gasteiger partial charge in [0.2, 0.25) is 0 Å². The Bertz CT molecular complexity index is 1570. The molecule has 0 radical (unpaired) electrons. The van der Waals surface area contributed by atoms with Crippen molar-refractivity contribution in [2.45, 2.75) is 27.7 Å². The standard InChI is InChI=1S/C34H34O10/c1-15(2)17-13-31-21-11-9-19(17)33(29(39)43-7)25(35)24(28(38)42-6)22-12-10-20(18(16(3)4)14-32(22,31)33)34(31,30(40)44-8)26(36)23(21)27(37)41-5/h9-16,19-20H,1-8H3/t19-,20+,31+,32-,33-,34+. The number of carbonyl (C=O) groups is 6. The van der Waals surface area contributed by atoms with Crippen molar-refractivity contribution in [1.29, 1.82) is 0 Å². The molecule has 6 atom stereocenters. The summed E-state index contributed by atoms with van der Waals surface area (Å²) in [7, 11) is 4.59. The molecule has 10 nitrogen and oxygen atoms in total. The predicted molar refractivity (Wildman–Crippen MR) is 153 cm³/mol. The summed E-state index contributed by atoms with van der Waals surface area (Å²) in [5, 5.41) is 0. The zero-order valence-corrected chi connectivity index (χ0v) is 25.9. The van der Waals surface area contributed by atoms with Gasteiger partial charge in [-0.05, 0) is 23.0 Å². The van der Waals surface area contributed by atoms with Crippen LogP contribution in [0.25, 0.3) is 0 Å². The highest BCUT2D eigenvalue weighted by atomic mass is 16.5. The van der Waals surface area contributed by atoms with Gasteiger partial charge in [0.15, 0.2) is 22.4 Å². The van der Waals surface area contributed by atoms with Crippen LogP contribution in [0.3, 0.4) is 0 Å². The smallest absolute Gasteiger partial charge is 0.341 e. The summed E-state index contributed by atoms with van der Waals surface area (Å²) < 4.78 is 21.2. The molecule has 0 heterocycles. The molecule has 0 saturated carbocycles. The van der Waals surface area contributed by atoms with Gasteiger partial charge in [-0.1, -0.05) is 75.3 Å².